The van der Waals surface area contributed by atoms with E-state index < -0.39 is 150 Å². The molecule has 12 N–H and O–H groups in total. The summed E-state index contributed by atoms with van der Waals surface area (Å²) in [5.41, 5.74) is 0. The van der Waals surface area contributed by atoms with E-state index in [0.29, 0.717) is 12.8 Å². The lowest BCUT2D eigenvalue weighted by Crippen LogP contribution is -2.69. The minimum Gasteiger partial charge on any atom is -0.462 e. The highest BCUT2D eigenvalue weighted by atomic mass is 31.2. The van der Waals surface area contributed by atoms with Crippen LogP contribution in [0.4, 0.5) is 0 Å². The Balaban J connectivity index is 1.69. The third-order valence-corrected chi connectivity index (χ3v) is 16.1. The number of allylic oxidation sites excluding steroid dienone is 2. The standard InChI is InChI=1S/C56H103O23P/c1-3-5-7-9-11-13-15-17-18-19-21-22-24-26-28-30-32-41(59)72-36-38(74-42(60)33-31-29-27-25-23-20-16-14-12-10-8-6-4-2)37-73-80(70,71)79-54-52(77-55-50(68)45(63)43(61)39(34-57)75-55)48(66)47(65)49(67)53(54)78-56-51(69)46(64)44(62)40(35-58)76-56/h18-19,38-40,43-58,61-69H,3-17,20-37H2,1-2H3,(H,70,71)/b19-18-/t38-,39?,40?,43-,44+,45?,46?,47?,48?,49?,50-,51+,52-,53?,54?,55-,56+/m1/s1. The molecule has 0 aromatic rings. The molecular weight excluding hydrogens is 1070 g/mol. The van der Waals surface area contributed by atoms with Gasteiger partial charge in [-0.25, -0.2) is 4.57 Å². The van der Waals surface area contributed by atoms with Gasteiger partial charge in [0.15, 0.2) is 18.7 Å². The summed E-state index contributed by atoms with van der Waals surface area (Å²) in [5, 5.41) is 117. The fourth-order valence-electron chi connectivity index (χ4n) is 10.1. The highest BCUT2D eigenvalue weighted by molar-refractivity contribution is 7.47. The van der Waals surface area contributed by atoms with Gasteiger partial charge >= 0.3 is 19.8 Å². The van der Waals surface area contributed by atoms with E-state index in [1.54, 1.807) is 0 Å². The Kier molecular flexibility index (Phi) is 37.4. The minimum atomic E-state index is -5.63. The van der Waals surface area contributed by atoms with Crippen molar-refractivity contribution >= 4 is 19.8 Å². The van der Waals surface area contributed by atoms with Gasteiger partial charge in [-0.15, -0.1) is 0 Å². The summed E-state index contributed by atoms with van der Waals surface area (Å²) >= 11 is 0. The normalized spacial score (nSPS) is 31.3. The SMILES string of the molecule is CCCCCCCCC/C=C\CCCCCCCC(=O)OC[C@H](COP(=O)(O)OC1C(O[C@@H]2OC(CO)[C@H](O)C(O)[C@@H]2O)C(O)C(O)C(O)[C@H]1O[C@H]1OC(CO)[C@@H](O)C(O)[C@H]1O)OC(=O)CCCCCCCCCCCCCCC. The molecule has 0 aromatic heterocycles. The van der Waals surface area contributed by atoms with Crippen molar-refractivity contribution in [3.63, 3.8) is 0 Å². The molecule has 2 saturated heterocycles. The van der Waals surface area contributed by atoms with Gasteiger partial charge in [0.25, 0.3) is 0 Å². The van der Waals surface area contributed by atoms with Crippen molar-refractivity contribution in [3.05, 3.63) is 12.2 Å². The summed E-state index contributed by atoms with van der Waals surface area (Å²) in [6.45, 7) is 1.01. The van der Waals surface area contributed by atoms with E-state index in [0.717, 1.165) is 70.6 Å². The van der Waals surface area contributed by atoms with E-state index in [4.69, 9.17) is 37.5 Å². The first kappa shape index (κ1) is 72.4. The first-order chi connectivity index (χ1) is 38.4. The maximum Gasteiger partial charge on any atom is 0.472 e. The van der Waals surface area contributed by atoms with E-state index in [-0.39, 0.29) is 12.8 Å². The van der Waals surface area contributed by atoms with Crippen LogP contribution in [-0.4, -0.2) is 204 Å². The summed E-state index contributed by atoms with van der Waals surface area (Å²) in [5.74, 6) is -1.34. The molecule has 0 aromatic carbocycles. The molecule has 23 nitrogen and oxygen atoms in total. The summed E-state index contributed by atoms with van der Waals surface area (Å²) in [7, 11) is -5.63. The van der Waals surface area contributed by atoms with Crippen molar-refractivity contribution in [3.8, 4) is 0 Å². The number of phosphoric acid groups is 1. The zero-order valence-corrected chi connectivity index (χ0v) is 48.5. The lowest BCUT2D eigenvalue weighted by Gasteiger charge is -2.49. The van der Waals surface area contributed by atoms with Crippen LogP contribution in [0.15, 0.2) is 12.2 Å². The summed E-state index contributed by atoms with van der Waals surface area (Å²) < 4.78 is 58.1. The minimum absolute atomic E-state index is 0.0292. The monoisotopic (exact) mass is 1170 g/mol. The van der Waals surface area contributed by atoms with Crippen LogP contribution in [0.3, 0.4) is 0 Å². The van der Waals surface area contributed by atoms with Gasteiger partial charge in [0.1, 0.15) is 92.1 Å². The first-order valence-electron chi connectivity index (χ1n) is 30.0. The van der Waals surface area contributed by atoms with E-state index in [2.05, 4.69) is 26.0 Å². The number of rotatable bonds is 44. The Morgan fingerprint density at radius 1 is 0.463 bits per heavy atom. The largest absolute Gasteiger partial charge is 0.472 e. The van der Waals surface area contributed by atoms with Gasteiger partial charge in [0.2, 0.25) is 0 Å². The number of aliphatic hydroxyl groups is 11. The zero-order valence-electron chi connectivity index (χ0n) is 47.6. The second-order valence-electron chi connectivity index (χ2n) is 21.9. The van der Waals surface area contributed by atoms with Crippen molar-refractivity contribution in [2.24, 2.45) is 0 Å². The number of aliphatic hydroxyl groups excluding tert-OH is 11. The quantitative estimate of drug-likeness (QED) is 0.0175. The van der Waals surface area contributed by atoms with Crippen molar-refractivity contribution in [1.82, 2.24) is 0 Å². The van der Waals surface area contributed by atoms with E-state index >= 15 is 0 Å². The van der Waals surface area contributed by atoms with Gasteiger partial charge < -0.3 is 89.5 Å². The van der Waals surface area contributed by atoms with E-state index in [9.17, 15) is 75.2 Å². The molecule has 3 fully saturated rings. The molecule has 3 aliphatic rings. The molecule has 470 valence electrons. The molecule has 0 spiro atoms. The molecule has 1 aliphatic carbocycles. The molecule has 18 atom stereocenters. The average Bonchev–Trinajstić information content (AvgIpc) is 3.44. The zero-order chi connectivity index (χ0) is 58.9. The third-order valence-electron chi connectivity index (χ3n) is 15.1. The predicted octanol–water partition coefficient (Wildman–Crippen LogP) is 4.32. The summed E-state index contributed by atoms with van der Waals surface area (Å²) in [4.78, 5) is 37.5. The van der Waals surface area contributed by atoms with Crippen molar-refractivity contribution in [1.29, 1.82) is 0 Å². The van der Waals surface area contributed by atoms with Crippen LogP contribution >= 0.6 is 7.82 Å². The van der Waals surface area contributed by atoms with Crippen LogP contribution in [-0.2, 0) is 51.6 Å². The predicted molar refractivity (Wildman–Crippen MR) is 291 cm³/mol. The number of carbonyl (C=O) groups is 2. The number of ether oxygens (including phenoxy) is 6. The molecule has 2 aliphatic heterocycles. The molecule has 10 unspecified atom stereocenters. The van der Waals surface area contributed by atoms with Crippen LogP contribution < -0.4 is 0 Å². The Hall–Kier alpha value is -1.81. The number of esters is 2. The molecule has 80 heavy (non-hydrogen) atoms. The Labute approximate surface area is 473 Å². The smallest absolute Gasteiger partial charge is 0.462 e. The van der Waals surface area contributed by atoms with Gasteiger partial charge in [0.05, 0.1) is 19.8 Å². The van der Waals surface area contributed by atoms with Gasteiger partial charge in [0, 0.05) is 12.8 Å². The lowest BCUT2D eigenvalue weighted by atomic mass is 9.84. The van der Waals surface area contributed by atoms with E-state index in [1.807, 2.05) is 0 Å². The van der Waals surface area contributed by atoms with Gasteiger partial charge in [-0.2, -0.15) is 0 Å². The third kappa shape index (κ3) is 26.6. The van der Waals surface area contributed by atoms with Crippen molar-refractivity contribution in [2.45, 2.75) is 304 Å². The molecule has 0 amide bonds. The highest BCUT2D eigenvalue weighted by Crippen LogP contribution is 2.49. The number of hydrogen-bond donors (Lipinski definition) is 12. The van der Waals surface area contributed by atoms with Gasteiger partial charge in [-0.3, -0.25) is 18.6 Å². The van der Waals surface area contributed by atoms with Crippen molar-refractivity contribution in [2.75, 3.05) is 26.4 Å². The van der Waals surface area contributed by atoms with Crippen LogP contribution in [0.1, 0.15) is 200 Å². The van der Waals surface area contributed by atoms with Gasteiger partial charge in [-0.05, 0) is 38.5 Å². The molecular formula is C56H103O23P. The molecule has 0 radical (unpaired) electrons. The molecule has 24 heteroatoms. The van der Waals surface area contributed by atoms with Crippen LogP contribution in [0.25, 0.3) is 0 Å². The number of hydrogen-bond acceptors (Lipinski definition) is 22. The fraction of sp³-hybridized carbons (Fsp3) is 0.929. The van der Waals surface area contributed by atoms with Crippen LogP contribution in [0.5, 0.6) is 0 Å². The maximum absolute atomic E-state index is 14.0. The Morgan fingerprint density at radius 2 is 0.825 bits per heavy atom. The lowest BCUT2D eigenvalue weighted by molar-refractivity contribution is -0.360. The Bertz CT molecular complexity index is 1640. The van der Waals surface area contributed by atoms with E-state index in [1.165, 1.54) is 89.9 Å². The first-order valence-corrected chi connectivity index (χ1v) is 31.5. The number of unbranched alkanes of at least 4 members (excludes halogenated alkanes) is 24. The molecule has 1 saturated carbocycles. The second kappa shape index (κ2) is 41.3. The molecule has 3 rings (SSSR count). The van der Waals surface area contributed by atoms with Crippen LogP contribution in [0, 0.1) is 0 Å². The van der Waals surface area contributed by atoms with Crippen molar-refractivity contribution < 1.29 is 113 Å². The summed E-state index contributed by atoms with van der Waals surface area (Å²) in [6, 6.07) is 0. The topological polar surface area (TPSA) is 368 Å². The second-order valence-corrected chi connectivity index (χ2v) is 23.3. The fourth-order valence-corrected chi connectivity index (χ4v) is 11.0. The molecule has 2 heterocycles. The average molecular weight is 1180 g/mol. The molecule has 0 bridgehead atoms. The number of phosphoric ester groups is 1. The van der Waals surface area contributed by atoms with Gasteiger partial charge in [-0.1, -0.05) is 161 Å². The number of carbonyl (C=O) groups excluding carboxylic acids is 2. The van der Waals surface area contributed by atoms with Crippen LogP contribution in [0.2, 0.25) is 0 Å². The Morgan fingerprint density at radius 3 is 1.23 bits per heavy atom. The maximum atomic E-state index is 14.0. The highest BCUT2D eigenvalue weighted by Gasteiger charge is 2.58. The summed E-state index contributed by atoms with van der Waals surface area (Å²) in [6.07, 6.45) is -0.942.